The Balaban J connectivity index is 2.37. The number of aliphatic hydroxyl groups is 1. The summed E-state index contributed by atoms with van der Waals surface area (Å²) in [6.45, 7) is 1.60. The summed E-state index contributed by atoms with van der Waals surface area (Å²) in [6.07, 6.45) is -2.13. The smallest absolute Gasteiger partial charge is 0.407 e. The van der Waals surface area contributed by atoms with E-state index < -0.39 is 24.2 Å². The number of benzene rings is 1. The Morgan fingerprint density at radius 1 is 1.32 bits per heavy atom. The molecule has 0 fully saturated rings. The quantitative estimate of drug-likeness (QED) is 0.772. The van der Waals surface area contributed by atoms with E-state index in [0.717, 1.165) is 12.7 Å². The van der Waals surface area contributed by atoms with Crippen molar-refractivity contribution in [1.29, 1.82) is 0 Å². The molecular weight excluding hydrogens is 250 g/mol. The second-order valence-corrected chi connectivity index (χ2v) is 3.96. The molecule has 1 rings (SSSR count). The summed E-state index contributed by atoms with van der Waals surface area (Å²) in [5.74, 6) is -0.809. The fourth-order valence-corrected chi connectivity index (χ4v) is 1.35. The number of ether oxygens (including phenoxy) is 2. The van der Waals surface area contributed by atoms with Crippen LogP contribution in [0.1, 0.15) is 12.5 Å². The van der Waals surface area contributed by atoms with Crippen molar-refractivity contribution in [3.63, 3.8) is 0 Å². The van der Waals surface area contributed by atoms with E-state index in [2.05, 4.69) is 10.1 Å². The number of nitrogens with one attached hydrogen (secondary N) is 1. The maximum Gasteiger partial charge on any atom is 0.407 e. The summed E-state index contributed by atoms with van der Waals surface area (Å²) in [6, 6.07) is 8.37. The number of hydrogen-bond donors (Lipinski definition) is 2. The van der Waals surface area contributed by atoms with E-state index in [4.69, 9.17) is 4.74 Å². The standard InChI is InChI=1S/C13H17NO5/c1-9(11(15)12(16)18-2)14-13(17)19-8-10-6-4-3-5-7-10/h3-7,9,11,15H,8H2,1-2H3,(H,14,17)/t9-,11+/m0/s1. The molecule has 0 bridgehead atoms. The van der Waals surface area contributed by atoms with E-state index in [-0.39, 0.29) is 6.61 Å². The third-order valence-corrected chi connectivity index (χ3v) is 2.47. The molecule has 1 amide bonds. The van der Waals surface area contributed by atoms with Crippen LogP contribution in [-0.2, 0) is 20.9 Å². The highest BCUT2D eigenvalue weighted by Gasteiger charge is 2.24. The van der Waals surface area contributed by atoms with Crippen LogP contribution in [0, 0.1) is 0 Å². The average molecular weight is 267 g/mol. The fourth-order valence-electron chi connectivity index (χ4n) is 1.35. The summed E-state index contributed by atoms with van der Waals surface area (Å²) >= 11 is 0. The number of carbonyl (C=O) groups is 2. The van der Waals surface area contributed by atoms with E-state index in [9.17, 15) is 14.7 Å². The van der Waals surface area contributed by atoms with Gasteiger partial charge in [0.15, 0.2) is 6.10 Å². The molecule has 2 atom stereocenters. The van der Waals surface area contributed by atoms with Crippen LogP contribution in [0.3, 0.4) is 0 Å². The van der Waals surface area contributed by atoms with Gasteiger partial charge in [-0.3, -0.25) is 0 Å². The van der Waals surface area contributed by atoms with Crippen LogP contribution in [0.4, 0.5) is 4.79 Å². The van der Waals surface area contributed by atoms with Crippen molar-refractivity contribution >= 4 is 12.1 Å². The Bertz CT molecular complexity index is 420. The van der Waals surface area contributed by atoms with E-state index in [1.807, 2.05) is 30.3 Å². The van der Waals surface area contributed by atoms with Gasteiger partial charge in [-0.1, -0.05) is 30.3 Å². The number of hydrogen-bond acceptors (Lipinski definition) is 5. The Morgan fingerprint density at radius 3 is 2.53 bits per heavy atom. The minimum Gasteiger partial charge on any atom is -0.467 e. The zero-order valence-electron chi connectivity index (χ0n) is 10.8. The predicted molar refractivity (Wildman–Crippen MR) is 67.2 cm³/mol. The van der Waals surface area contributed by atoms with Gasteiger partial charge in [0.05, 0.1) is 13.2 Å². The van der Waals surface area contributed by atoms with Crippen LogP contribution in [0.25, 0.3) is 0 Å². The van der Waals surface area contributed by atoms with E-state index in [1.165, 1.54) is 6.92 Å². The van der Waals surface area contributed by atoms with Gasteiger partial charge in [0.1, 0.15) is 6.61 Å². The Labute approximate surface area is 111 Å². The number of rotatable bonds is 5. The largest absolute Gasteiger partial charge is 0.467 e. The molecule has 6 nitrogen and oxygen atoms in total. The highest BCUT2D eigenvalue weighted by Crippen LogP contribution is 2.01. The topological polar surface area (TPSA) is 84.9 Å². The molecule has 0 spiro atoms. The maximum atomic E-state index is 11.4. The molecule has 2 N–H and O–H groups in total. The lowest BCUT2D eigenvalue weighted by atomic mass is 10.2. The van der Waals surface area contributed by atoms with E-state index >= 15 is 0 Å². The van der Waals surface area contributed by atoms with Crippen LogP contribution in [-0.4, -0.2) is 36.4 Å². The summed E-state index contributed by atoms with van der Waals surface area (Å²) < 4.78 is 9.31. The highest BCUT2D eigenvalue weighted by atomic mass is 16.6. The molecule has 104 valence electrons. The Morgan fingerprint density at radius 2 is 1.95 bits per heavy atom. The minimum atomic E-state index is -1.42. The zero-order valence-corrected chi connectivity index (χ0v) is 10.8. The van der Waals surface area contributed by atoms with Crippen molar-refractivity contribution in [2.45, 2.75) is 25.7 Å². The average Bonchev–Trinajstić information content (AvgIpc) is 2.44. The predicted octanol–water partition coefficient (Wildman–Crippen LogP) is 0.835. The molecule has 1 aromatic carbocycles. The Hall–Kier alpha value is -2.08. The summed E-state index contributed by atoms with van der Waals surface area (Å²) in [5, 5.41) is 11.8. The van der Waals surface area contributed by atoms with Crippen LogP contribution < -0.4 is 5.32 Å². The van der Waals surface area contributed by atoms with E-state index in [1.54, 1.807) is 0 Å². The number of alkyl carbamates (subject to hydrolysis) is 1. The molecule has 0 saturated carbocycles. The van der Waals surface area contributed by atoms with Gasteiger partial charge in [-0.25, -0.2) is 9.59 Å². The summed E-state index contributed by atoms with van der Waals surface area (Å²) in [5.41, 5.74) is 0.846. The van der Waals surface area contributed by atoms with Gasteiger partial charge < -0.3 is 19.9 Å². The lowest BCUT2D eigenvalue weighted by Crippen LogP contribution is -2.45. The van der Waals surface area contributed by atoms with Crippen LogP contribution >= 0.6 is 0 Å². The van der Waals surface area contributed by atoms with Crippen molar-refractivity contribution in [3.8, 4) is 0 Å². The van der Waals surface area contributed by atoms with Gasteiger partial charge >= 0.3 is 12.1 Å². The first-order valence-electron chi connectivity index (χ1n) is 5.77. The van der Waals surface area contributed by atoms with Crippen molar-refractivity contribution in [2.24, 2.45) is 0 Å². The number of amides is 1. The molecule has 0 aliphatic rings. The molecule has 19 heavy (non-hydrogen) atoms. The van der Waals surface area contributed by atoms with Gasteiger partial charge in [-0.05, 0) is 12.5 Å². The molecule has 0 unspecified atom stereocenters. The fraction of sp³-hybridized carbons (Fsp3) is 0.385. The number of methoxy groups -OCH3 is 1. The van der Waals surface area contributed by atoms with E-state index in [0.29, 0.717) is 0 Å². The van der Waals surface area contributed by atoms with Gasteiger partial charge in [0.25, 0.3) is 0 Å². The molecule has 0 aliphatic carbocycles. The molecule has 1 aromatic rings. The van der Waals surface area contributed by atoms with Crippen LogP contribution in [0.15, 0.2) is 30.3 Å². The molecular formula is C13H17NO5. The van der Waals surface area contributed by atoms with Crippen LogP contribution in [0.2, 0.25) is 0 Å². The lowest BCUT2D eigenvalue weighted by molar-refractivity contribution is -0.151. The van der Waals surface area contributed by atoms with Gasteiger partial charge in [-0.2, -0.15) is 0 Å². The number of aliphatic hydroxyl groups excluding tert-OH is 1. The van der Waals surface area contributed by atoms with Crippen LogP contribution in [0.5, 0.6) is 0 Å². The van der Waals surface area contributed by atoms with Crippen molar-refractivity contribution < 1.29 is 24.2 Å². The molecule has 0 saturated heterocycles. The molecule has 0 heterocycles. The molecule has 0 aromatic heterocycles. The number of esters is 1. The second kappa shape index (κ2) is 7.38. The van der Waals surface area contributed by atoms with Crippen molar-refractivity contribution in [1.82, 2.24) is 5.32 Å². The monoisotopic (exact) mass is 267 g/mol. The first-order chi connectivity index (χ1) is 9.04. The van der Waals surface area contributed by atoms with Crippen molar-refractivity contribution in [2.75, 3.05) is 7.11 Å². The van der Waals surface area contributed by atoms with Gasteiger partial charge in [0, 0.05) is 0 Å². The lowest BCUT2D eigenvalue weighted by Gasteiger charge is -2.17. The summed E-state index contributed by atoms with van der Waals surface area (Å²) in [4.78, 5) is 22.5. The van der Waals surface area contributed by atoms with Crippen molar-refractivity contribution in [3.05, 3.63) is 35.9 Å². The normalized spacial score (nSPS) is 13.2. The maximum absolute atomic E-state index is 11.4. The third-order valence-electron chi connectivity index (χ3n) is 2.47. The molecule has 6 heteroatoms. The highest BCUT2D eigenvalue weighted by molar-refractivity contribution is 5.76. The van der Waals surface area contributed by atoms with Gasteiger partial charge in [-0.15, -0.1) is 0 Å². The SMILES string of the molecule is COC(=O)[C@H](O)[C@H](C)NC(=O)OCc1ccccc1. The first-order valence-corrected chi connectivity index (χ1v) is 5.77. The molecule has 0 radical (unpaired) electrons. The number of carbonyl (C=O) groups excluding carboxylic acids is 2. The zero-order chi connectivity index (χ0) is 14.3. The summed E-state index contributed by atoms with van der Waals surface area (Å²) in [7, 11) is 1.16. The first kappa shape index (κ1) is 15.0. The Kier molecular flexibility index (Phi) is 5.81. The third kappa shape index (κ3) is 4.97. The van der Waals surface area contributed by atoms with Gasteiger partial charge in [0.2, 0.25) is 0 Å². The molecule has 0 aliphatic heterocycles. The second-order valence-electron chi connectivity index (χ2n) is 3.96. The minimum absolute atomic E-state index is 0.119.